The van der Waals surface area contributed by atoms with Gasteiger partial charge in [-0.2, -0.15) is 0 Å². The molecule has 3 heterocycles. The van der Waals surface area contributed by atoms with E-state index in [0.29, 0.717) is 30.4 Å². The highest BCUT2D eigenvalue weighted by Crippen LogP contribution is 2.40. The number of hydrogen-bond acceptors (Lipinski definition) is 5. The zero-order valence-electron chi connectivity index (χ0n) is 20.1. The zero-order valence-corrected chi connectivity index (χ0v) is 20.8. The maximum atomic E-state index is 12.7. The van der Waals surface area contributed by atoms with Gasteiger partial charge in [0.2, 0.25) is 5.79 Å². The Morgan fingerprint density at radius 2 is 1.74 bits per heavy atom. The summed E-state index contributed by atoms with van der Waals surface area (Å²) in [5.41, 5.74) is 3.55. The summed E-state index contributed by atoms with van der Waals surface area (Å²) in [6.07, 6.45) is 7.54. The van der Waals surface area contributed by atoms with Crippen molar-refractivity contribution in [2.24, 2.45) is 0 Å². The minimum atomic E-state index is -0.489. The van der Waals surface area contributed by atoms with E-state index in [4.69, 9.17) is 25.8 Å². The summed E-state index contributed by atoms with van der Waals surface area (Å²) in [7, 11) is 0. The number of halogens is 1. The van der Waals surface area contributed by atoms with E-state index in [-0.39, 0.29) is 11.9 Å². The predicted octanol–water partition coefficient (Wildman–Crippen LogP) is 5.17. The Kier molecular flexibility index (Phi) is 6.48. The van der Waals surface area contributed by atoms with Crippen LogP contribution in [-0.2, 0) is 16.1 Å². The van der Waals surface area contributed by atoms with Crippen LogP contribution in [0.4, 0.5) is 0 Å². The van der Waals surface area contributed by atoms with E-state index < -0.39 is 5.79 Å². The van der Waals surface area contributed by atoms with Crippen LogP contribution in [0.3, 0.4) is 0 Å². The molecule has 1 aliphatic carbocycles. The third kappa shape index (κ3) is 4.82. The van der Waals surface area contributed by atoms with Crippen LogP contribution < -0.4 is 10.1 Å². The molecule has 7 heteroatoms. The number of nitrogens with zero attached hydrogens (tertiary/aromatic N) is 1. The molecule has 0 unspecified atom stereocenters. The van der Waals surface area contributed by atoms with E-state index in [2.05, 4.69) is 22.3 Å². The van der Waals surface area contributed by atoms with Crippen LogP contribution in [0.1, 0.15) is 60.9 Å². The van der Waals surface area contributed by atoms with E-state index in [0.717, 1.165) is 67.3 Å². The maximum absolute atomic E-state index is 12.7. The topological polar surface area (TPSA) is 60.0 Å². The summed E-state index contributed by atoms with van der Waals surface area (Å²) < 4.78 is 18.1. The van der Waals surface area contributed by atoms with Gasteiger partial charge in [0.15, 0.2) is 0 Å². The monoisotopic (exact) mass is 496 g/mol. The van der Waals surface area contributed by atoms with E-state index >= 15 is 0 Å². The zero-order chi connectivity index (χ0) is 23.8. The fourth-order valence-corrected chi connectivity index (χ4v) is 5.89. The van der Waals surface area contributed by atoms with Crippen molar-refractivity contribution in [3.8, 4) is 16.9 Å². The molecule has 0 radical (unpaired) electrons. The molecule has 2 aromatic rings. The molecular formula is C28H33ClN2O4. The first kappa shape index (κ1) is 23.3. The first-order valence-corrected chi connectivity index (χ1v) is 13.3. The second-order valence-corrected chi connectivity index (χ2v) is 10.7. The second kappa shape index (κ2) is 9.74. The summed E-state index contributed by atoms with van der Waals surface area (Å²) in [6.45, 7) is 4.01. The predicted molar refractivity (Wildman–Crippen MR) is 135 cm³/mol. The van der Waals surface area contributed by atoms with E-state index in [1.807, 2.05) is 24.3 Å². The number of piperidine rings is 1. The van der Waals surface area contributed by atoms with Crippen LogP contribution in [0.2, 0.25) is 5.02 Å². The van der Waals surface area contributed by atoms with Crippen molar-refractivity contribution in [2.75, 3.05) is 26.3 Å². The molecule has 3 fully saturated rings. The highest BCUT2D eigenvalue weighted by Gasteiger charge is 2.42. The molecule has 0 bridgehead atoms. The summed E-state index contributed by atoms with van der Waals surface area (Å²) >= 11 is 6.54. The minimum absolute atomic E-state index is 0.130. The smallest absolute Gasteiger partial charge is 0.253 e. The molecule has 2 saturated heterocycles. The van der Waals surface area contributed by atoms with Gasteiger partial charge >= 0.3 is 0 Å². The standard InChI is InChI=1S/C28H33ClN2O4/c29-25-17-20(4-6-24(25)27(32)30-22-8-14-33-15-9-22)19-5-7-26-21(16-19)18-34-28(35-26)10-12-31(13-11-28)23-2-1-3-23/h4-7,16-17,22-23H,1-3,8-15,18H2,(H,30,32). The molecule has 0 aromatic heterocycles. The van der Waals surface area contributed by atoms with Crippen molar-refractivity contribution in [1.29, 1.82) is 0 Å². The highest BCUT2D eigenvalue weighted by atomic mass is 35.5. The van der Waals surface area contributed by atoms with Crippen molar-refractivity contribution in [3.05, 3.63) is 52.5 Å². The van der Waals surface area contributed by atoms with E-state index in [9.17, 15) is 4.79 Å². The molecule has 6 nitrogen and oxygen atoms in total. The summed E-state index contributed by atoms with van der Waals surface area (Å²) in [5.74, 6) is 0.294. The maximum Gasteiger partial charge on any atom is 0.253 e. The Hall–Kier alpha value is -2.12. The Balaban J connectivity index is 1.12. The lowest BCUT2D eigenvalue weighted by molar-refractivity contribution is -0.231. The van der Waals surface area contributed by atoms with Gasteiger partial charge in [-0.3, -0.25) is 9.69 Å². The largest absolute Gasteiger partial charge is 0.462 e. The number of rotatable bonds is 4. The van der Waals surface area contributed by atoms with Crippen molar-refractivity contribution in [3.63, 3.8) is 0 Å². The first-order chi connectivity index (χ1) is 17.1. The summed E-state index contributed by atoms with van der Waals surface area (Å²) in [4.78, 5) is 15.3. The molecule has 6 rings (SSSR count). The molecule has 1 spiro atoms. The quantitative estimate of drug-likeness (QED) is 0.632. The summed E-state index contributed by atoms with van der Waals surface area (Å²) in [6, 6.07) is 12.8. The minimum Gasteiger partial charge on any atom is -0.462 e. The van der Waals surface area contributed by atoms with Gasteiger partial charge in [-0.15, -0.1) is 0 Å². The van der Waals surface area contributed by atoms with Crippen LogP contribution in [0.15, 0.2) is 36.4 Å². The Morgan fingerprint density at radius 3 is 2.46 bits per heavy atom. The molecule has 1 amide bonds. The number of likely N-dealkylation sites (tertiary alicyclic amines) is 1. The van der Waals surface area contributed by atoms with Gasteiger partial charge in [-0.1, -0.05) is 30.2 Å². The molecule has 1 N–H and O–H groups in total. The Morgan fingerprint density at radius 1 is 1.00 bits per heavy atom. The lowest BCUT2D eigenvalue weighted by Gasteiger charge is -2.47. The normalized spacial score (nSPS) is 22.8. The number of hydrogen-bond donors (Lipinski definition) is 1. The summed E-state index contributed by atoms with van der Waals surface area (Å²) in [5, 5.41) is 3.53. The second-order valence-electron chi connectivity index (χ2n) is 10.3. The van der Waals surface area contributed by atoms with Crippen LogP contribution in [0.5, 0.6) is 5.75 Å². The number of amides is 1. The molecule has 2 aromatic carbocycles. The third-order valence-electron chi connectivity index (χ3n) is 8.10. The van der Waals surface area contributed by atoms with Crippen molar-refractivity contribution in [2.45, 2.75) is 69.4 Å². The first-order valence-electron chi connectivity index (χ1n) is 13.0. The number of nitrogens with one attached hydrogen (secondary N) is 1. The van der Waals surface area contributed by atoms with Gasteiger partial charge in [-0.25, -0.2) is 0 Å². The lowest BCUT2D eigenvalue weighted by atomic mass is 9.89. The number of benzene rings is 2. The average Bonchev–Trinajstić information content (AvgIpc) is 2.85. The van der Waals surface area contributed by atoms with Gasteiger partial charge in [0, 0.05) is 56.8 Å². The van der Waals surface area contributed by atoms with Gasteiger partial charge in [0.1, 0.15) is 5.75 Å². The average molecular weight is 497 g/mol. The molecule has 3 aliphatic heterocycles. The van der Waals surface area contributed by atoms with E-state index in [1.54, 1.807) is 0 Å². The Labute approximate surface area is 211 Å². The molecule has 0 atom stereocenters. The number of carbonyl (C=O) groups is 1. The van der Waals surface area contributed by atoms with E-state index in [1.165, 1.54) is 19.3 Å². The van der Waals surface area contributed by atoms with Crippen molar-refractivity contribution < 1.29 is 19.0 Å². The molecule has 4 aliphatic rings. The SMILES string of the molecule is O=C(NC1CCOCC1)c1ccc(-c2ccc3c(c2)COC2(CCN(C4CCC4)CC2)O3)cc1Cl. The highest BCUT2D eigenvalue weighted by molar-refractivity contribution is 6.34. The Bertz CT molecular complexity index is 1090. The fourth-order valence-electron chi connectivity index (χ4n) is 5.62. The molecule has 1 saturated carbocycles. The van der Waals surface area contributed by atoms with Crippen LogP contribution in [0.25, 0.3) is 11.1 Å². The number of fused-ring (bicyclic) bond motifs is 1. The van der Waals surface area contributed by atoms with Crippen molar-refractivity contribution in [1.82, 2.24) is 10.2 Å². The molecular weight excluding hydrogens is 464 g/mol. The van der Waals surface area contributed by atoms with Crippen LogP contribution in [0, 0.1) is 0 Å². The number of carbonyl (C=O) groups excluding carboxylic acids is 1. The van der Waals surface area contributed by atoms with Crippen LogP contribution >= 0.6 is 11.6 Å². The van der Waals surface area contributed by atoms with Gasteiger partial charge < -0.3 is 19.5 Å². The molecule has 186 valence electrons. The van der Waals surface area contributed by atoms with Crippen LogP contribution in [-0.4, -0.2) is 55.0 Å². The van der Waals surface area contributed by atoms with Gasteiger partial charge in [0.05, 0.1) is 17.2 Å². The number of ether oxygens (including phenoxy) is 3. The third-order valence-corrected chi connectivity index (χ3v) is 8.41. The van der Waals surface area contributed by atoms with Gasteiger partial charge in [-0.05, 0) is 61.1 Å². The van der Waals surface area contributed by atoms with Crippen molar-refractivity contribution >= 4 is 17.5 Å². The van der Waals surface area contributed by atoms with Gasteiger partial charge in [0.25, 0.3) is 5.91 Å². The molecule has 35 heavy (non-hydrogen) atoms. The lowest BCUT2D eigenvalue weighted by Crippen LogP contribution is -2.54. The fraction of sp³-hybridized carbons (Fsp3) is 0.536.